The van der Waals surface area contributed by atoms with E-state index < -0.39 is 0 Å². The van der Waals surface area contributed by atoms with Gasteiger partial charge in [0.05, 0.1) is 0 Å². The number of aromatic nitrogens is 1. The van der Waals surface area contributed by atoms with Crippen LogP contribution in [0.3, 0.4) is 0 Å². The highest BCUT2D eigenvalue weighted by Crippen LogP contribution is 2.10. The zero-order chi connectivity index (χ0) is 10.2. The van der Waals surface area contributed by atoms with Gasteiger partial charge in [-0.15, -0.1) is 12.4 Å². The number of rotatable bonds is 6. The van der Waals surface area contributed by atoms with E-state index in [0.717, 1.165) is 18.7 Å². The van der Waals surface area contributed by atoms with Crippen molar-refractivity contribution in [1.29, 1.82) is 0 Å². The topological polar surface area (TPSA) is 24.9 Å². The third kappa shape index (κ3) is 5.98. The van der Waals surface area contributed by atoms with E-state index in [1.807, 2.05) is 12.1 Å². The molecule has 0 bridgehead atoms. The van der Waals surface area contributed by atoms with Crippen LogP contribution in [-0.2, 0) is 6.54 Å². The summed E-state index contributed by atoms with van der Waals surface area (Å²) in [5.74, 6) is 0. The first-order valence-corrected chi connectivity index (χ1v) is 5.52. The first-order chi connectivity index (χ1) is 6.84. The molecule has 0 amide bonds. The van der Waals surface area contributed by atoms with Crippen molar-refractivity contribution in [3.05, 3.63) is 29.0 Å². The molecule has 1 N–H and O–H groups in total. The molecule has 0 aromatic carbocycles. The van der Waals surface area contributed by atoms with Crippen LogP contribution in [0.5, 0.6) is 0 Å². The Hall–Kier alpha value is -0.310. The Morgan fingerprint density at radius 2 is 2.20 bits per heavy atom. The Kier molecular flexibility index (Phi) is 8.77. The molecule has 1 aromatic heterocycles. The molecule has 15 heavy (non-hydrogen) atoms. The Balaban J connectivity index is 0.00000196. The molecular weight excluding hydrogens is 231 g/mol. The highest BCUT2D eigenvalue weighted by Gasteiger charge is 1.98. The summed E-state index contributed by atoms with van der Waals surface area (Å²) in [6.45, 7) is 4.08. The molecule has 1 rings (SSSR count). The molecule has 0 radical (unpaired) electrons. The lowest BCUT2D eigenvalue weighted by atomic mass is 10.2. The summed E-state index contributed by atoms with van der Waals surface area (Å²) >= 11 is 5.91. The molecule has 0 atom stereocenters. The minimum absolute atomic E-state index is 0. The fraction of sp³-hybridized carbons (Fsp3) is 0.545. The van der Waals surface area contributed by atoms with E-state index in [0.29, 0.717) is 5.15 Å². The summed E-state index contributed by atoms with van der Waals surface area (Å²) in [5, 5.41) is 3.96. The van der Waals surface area contributed by atoms with Crippen molar-refractivity contribution < 1.29 is 0 Å². The molecule has 0 fully saturated rings. The van der Waals surface area contributed by atoms with Crippen molar-refractivity contribution in [3.8, 4) is 0 Å². The first-order valence-electron chi connectivity index (χ1n) is 5.14. The lowest BCUT2D eigenvalue weighted by Gasteiger charge is -2.05. The molecule has 0 aliphatic rings. The number of hydrogen-bond acceptors (Lipinski definition) is 2. The monoisotopic (exact) mass is 248 g/mol. The van der Waals surface area contributed by atoms with Gasteiger partial charge in [-0.1, -0.05) is 37.4 Å². The van der Waals surface area contributed by atoms with Crippen LogP contribution in [0.1, 0.15) is 31.7 Å². The molecular formula is C11H18Cl2N2. The molecule has 0 aliphatic heterocycles. The second kappa shape index (κ2) is 8.96. The summed E-state index contributed by atoms with van der Waals surface area (Å²) in [5.41, 5.74) is 1.07. The van der Waals surface area contributed by atoms with E-state index in [1.54, 1.807) is 6.20 Å². The third-order valence-electron chi connectivity index (χ3n) is 2.11. The Morgan fingerprint density at radius 1 is 1.40 bits per heavy atom. The summed E-state index contributed by atoms with van der Waals surface area (Å²) in [6, 6.07) is 3.91. The summed E-state index contributed by atoms with van der Waals surface area (Å²) in [7, 11) is 0. The Morgan fingerprint density at radius 3 is 2.87 bits per heavy atom. The highest BCUT2D eigenvalue weighted by molar-refractivity contribution is 6.30. The number of halogens is 2. The van der Waals surface area contributed by atoms with Gasteiger partial charge in [-0.25, -0.2) is 4.98 Å². The largest absolute Gasteiger partial charge is 0.313 e. The van der Waals surface area contributed by atoms with E-state index >= 15 is 0 Å². The van der Waals surface area contributed by atoms with Crippen LogP contribution >= 0.6 is 24.0 Å². The predicted octanol–water partition coefficient (Wildman–Crippen LogP) is 3.44. The second-order valence-corrected chi connectivity index (χ2v) is 3.70. The van der Waals surface area contributed by atoms with Crippen LogP contribution in [0.2, 0.25) is 5.15 Å². The normalized spacial score (nSPS) is 9.73. The van der Waals surface area contributed by atoms with Crippen LogP contribution in [0, 0.1) is 0 Å². The van der Waals surface area contributed by atoms with Gasteiger partial charge in [0.15, 0.2) is 0 Å². The van der Waals surface area contributed by atoms with Gasteiger partial charge in [0.2, 0.25) is 0 Å². The van der Waals surface area contributed by atoms with Gasteiger partial charge in [-0.2, -0.15) is 0 Å². The van der Waals surface area contributed by atoms with Crippen molar-refractivity contribution in [3.63, 3.8) is 0 Å². The summed E-state index contributed by atoms with van der Waals surface area (Å²) in [6.07, 6.45) is 5.49. The van der Waals surface area contributed by atoms with E-state index in [9.17, 15) is 0 Å². The highest BCUT2D eigenvalue weighted by atomic mass is 35.5. The minimum Gasteiger partial charge on any atom is -0.313 e. The lowest BCUT2D eigenvalue weighted by Crippen LogP contribution is -2.15. The van der Waals surface area contributed by atoms with Gasteiger partial charge < -0.3 is 5.32 Å². The molecule has 1 heterocycles. The number of unbranched alkanes of at least 4 members (excludes halogenated alkanes) is 2. The molecule has 0 saturated carbocycles. The summed E-state index contributed by atoms with van der Waals surface area (Å²) < 4.78 is 0. The Labute approximate surface area is 103 Å². The minimum atomic E-state index is 0. The maximum Gasteiger partial charge on any atom is 0.133 e. The second-order valence-electron chi connectivity index (χ2n) is 3.34. The van der Waals surface area contributed by atoms with E-state index in [4.69, 9.17) is 11.6 Å². The van der Waals surface area contributed by atoms with E-state index in [-0.39, 0.29) is 12.4 Å². The quantitative estimate of drug-likeness (QED) is 0.617. The van der Waals surface area contributed by atoms with Gasteiger partial charge in [0.1, 0.15) is 5.15 Å². The standard InChI is InChI=1S/C11H17ClN2.ClH/c1-2-3-4-7-13-9-10-6-5-8-14-11(10)12;/h5-6,8,13H,2-4,7,9H2,1H3;1H. The molecule has 0 aliphatic carbocycles. The van der Waals surface area contributed by atoms with Crippen LogP contribution < -0.4 is 5.32 Å². The van der Waals surface area contributed by atoms with Gasteiger partial charge in [-0.3, -0.25) is 0 Å². The van der Waals surface area contributed by atoms with E-state index in [2.05, 4.69) is 17.2 Å². The number of nitrogens with zero attached hydrogens (tertiary/aromatic N) is 1. The maximum atomic E-state index is 5.91. The molecule has 4 heteroatoms. The Bertz CT molecular complexity index is 267. The van der Waals surface area contributed by atoms with Gasteiger partial charge in [0.25, 0.3) is 0 Å². The maximum absolute atomic E-state index is 5.91. The third-order valence-corrected chi connectivity index (χ3v) is 2.45. The van der Waals surface area contributed by atoms with Gasteiger partial charge in [-0.05, 0) is 19.0 Å². The zero-order valence-electron chi connectivity index (χ0n) is 9.00. The van der Waals surface area contributed by atoms with Gasteiger partial charge >= 0.3 is 0 Å². The first kappa shape index (κ1) is 14.7. The zero-order valence-corrected chi connectivity index (χ0v) is 10.6. The fourth-order valence-electron chi connectivity index (χ4n) is 1.27. The average molecular weight is 249 g/mol. The molecule has 0 unspecified atom stereocenters. The number of pyridine rings is 1. The predicted molar refractivity (Wildman–Crippen MR) is 67.7 cm³/mol. The van der Waals surface area contributed by atoms with Crippen LogP contribution in [0.25, 0.3) is 0 Å². The van der Waals surface area contributed by atoms with Crippen molar-refractivity contribution >= 4 is 24.0 Å². The fourth-order valence-corrected chi connectivity index (χ4v) is 1.46. The molecule has 0 spiro atoms. The number of hydrogen-bond donors (Lipinski definition) is 1. The SMILES string of the molecule is CCCCCNCc1cccnc1Cl.Cl. The van der Waals surface area contributed by atoms with E-state index in [1.165, 1.54) is 19.3 Å². The molecule has 2 nitrogen and oxygen atoms in total. The molecule has 1 aromatic rings. The van der Waals surface area contributed by atoms with Gasteiger partial charge in [0, 0.05) is 18.3 Å². The average Bonchev–Trinajstić information content (AvgIpc) is 2.20. The molecule has 86 valence electrons. The van der Waals surface area contributed by atoms with Crippen molar-refractivity contribution in [1.82, 2.24) is 10.3 Å². The smallest absolute Gasteiger partial charge is 0.133 e. The lowest BCUT2D eigenvalue weighted by molar-refractivity contribution is 0.616. The van der Waals surface area contributed by atoms with Crippen molar-refractivity contribution in [2.45, 2.75) is 32.7 Å². The van der Waals surface area contributed by atoms with Crippen molar-refractivity contribution in [2.75, 3.05) is 6.54 Å². The van der Waals surface area contributed by atoms with Crippen LogP contribution in [0.4, 0.5) is 0 Å². The number of nitrogens with one attached hydrogen (secondary N) is 1. The molecule has 0 saturated heterocycles. The summed E-state index contributed by atoms with van der Waals surface area (Å²) in [4.78, 5) is 4.02. The van der Waals surface area contributed by atoms with Crippen LogP contribution in [0.15, 0.2) is 18.3 Å². The van der Waals surface area contributed by atoms with Crippen LogP contribution in [-0.4, -0.2) is 11.5 Å². The van der Waals surface area contributed by atoms with Crippen molar-refractivity contribution in [2.24, 2.45) is 0 Å².